The Morgan fingerprint density at radius 1 is 1.15 bits per heavy atom. The van der Waals surface area contributed by atoms with E-state index < -0.39 is 0 Å². The van der Waals surface area contributed by atoms with Gasteiger partial charge in [-0.05, 0) is 43.4 Å². The van der Waals surface area contributed by atoms with Crippen molar-refractivity contribution in [3.8, 4) is 22.9 Å². The number of benzene rings is 1. The van der Waals surface area contributed by atoms with Crippen molar-refractivity contribution < 1.29 is 9.47 Å². The van der Waals surface area contributed by atoms with Crippen molar-refractivity contribution in [2.45, 2.75) is 32.1 Å². The highest BCUT2D eigenvalue weighted by atomic mass is 35.5. The number of fused-ring (bicyclic) bond motifs is 3. The van der Waals surface area contributed by atoms with Gasteiger partial charge in [0.15, 0.2) is 11.5 Å². The summed E-state index contributed by atoms with van der Waals surface area (Å²) in [6, 6.07) is 3.50. The summed E-state index contributed by atoms with van der Waals surface area (Å²) in [4.78, 5) is 22.5. The van der Waals surface area contributed by atoms with Crippen LogP contribution in [0.5, 0.6) is 11.5 Å². The van der Waals surface area contributed by atoms with Gasteiger partial charge < -0.3 is 14.5 Å². The van der Waals surface area contributed by atoms with E-state index in [0.717, 1.165) is 29.5 Å². The van der Waals surface area contributed by atoms with Crippen molar-refractivity contribution in [2.24, 2.45) is 0 Å². The highest BCUT2D eigenvalue weighted by Gasteiger charge is 2.20. The maximum absolute atomic E-state index is 12.8. The predicted octanol–water partition coefficient (Wildman–Crippen LogP) is 4.59. The first kappa shape index (κ1) is 17.4. The van der Waals surface area contributed by atoms with Crippen LogP contribution in [0.2, 0.25) is 5.02 Å². The van der Waals surface area contributed by atoms with Crippen molar-refractivity contribution in [1.82, 2.24) is 9.97 Å². The summed E-state index contributed by atoms with van der Waals surface area (Å²) in [5.41, 5.74) is 1.79. The quantitative estimate of drug-likeness (QED) is 0.664. The molecule has 5 nitrogen and oxygen atoms in total. The third-order valence-electron chi connectivity index (χ3n) is 4.78. The molecule has 2 heterocycles. The summed E-state index contributed by atoms with van der Waals surface area (Å²) in [6.07, 6.45) is 5.52. The van der Waals surface area contributed by atoms with Crippen LogP contribution < -0.4 is 15.0 Å². The van der Waals surface area contributed by atoms with Crippen LogP contribution in [0.4, 0.5) is 0 Å². The van der Waals surface area contributed by atoms with Crippen LogP contribution in [0.1, 0.15) is 29.7 Å². The summed E-state index contributed by atoms with van der Waals surface area (Å²) in [5, 5.41) is 1.16. The van der Waals surface area contributed by atoms with Gasteiger partial charge in [0.05, 0.1) is 24.6 Å². The van der Waals surface area contributed by atoms with Crippen molar-refractivity contribution in [2.75, 3.05) is 14.2 Å². The van der Waals surface area contributed by atoms with Crippen LogP contribution >= 0.6 is 22.9 Å². The molecule has 1 aliphatic carbocycles. The summed E-state index contributed by atoms with van der Waals surface area (Å²) in [7, 11) is 3.09. The molecule has 4 rings (SSSR count). The average molecular weight is 391 g/mol. The van der Waals surface area contributed by atoms with Crippen LogP contribution in [-0.4, -0.2) is 24.2 Å². The number of nitrogens with zero attached hydrogens (tertiary/aromatic N) is 1. The number of aryl methyl sites for hydroxylation is 2. The first-order valence-corrected chi connectivity index (χ1v) is 9.78. The summed E-state index contributed by atoms with van der Waals surface area (Å²) < 4.78 is 10.6. The van der Waals surface area contributed by atoms with Crippen molar-refractivity contribution in [1.29, 1.82) is 0 Å². The largest absolute Gasteiger partial charge is 0.493 e. The number of nitrogens with one attached hydrogen (secondary N) is 1. The molecule has 0 saturated carbocycles. The highest BCUT2D eigenvalue weighted by Crippen LogP contribution is 2.39. The van der Waals surface area contributed by atoms with E-state index in [1.54, 1.807) is 30.6 Å². The Bertz CT molecular complexity index is 1040. The zero-order valence-electron chi connectivity index (χ0n) is 14.6. The number of hydrogen-bond donors (Lipinski definition) is 1. The Morgan fingerprint density at radius 2 is 1.96 bits per heavy atom. The molecule has 3 aromatic rings. The number of H-pyrrole nitrogens is 1. The lowest BCUT2D eigenvalue weighted by atomic mass is 10.1. The average Bonchev–Trinajstić information content (AvgIpc) is 2.83. The molecule has 0 saturated heterocycles. The van der Waals surface area contributed by atoms with Gasteiger partial charge in [0.2, 0.25) is 0 Å². The van der Waals surface area contributed by atoms with Crippen molar-refractivity contribution in [3.63, 3.8) is 0 Å². The monoisotopic (exact) mass is 390 g/mol. The lowest BCUT2D eigenvalue weighted by Crippen LogP contribution is -2.10. The molecule has 0 amide bonds. The Morgan fingerprint density at radius 3 is 2.73 bits per heavy atom. The molecule has 136 valence electrons. The number of aromatic amines is 1. The molecule has 7 heteroatoms. The molecular weight excluding hydrogens is 372 g/mol. The van der Waals surface area contributed by atoms with Crippen LogP contribution in [0.3, 0.4) is 0 Å². The summed E-state index contributed by atoms with van der Waals surface area (Å²) >= 11 is 7.94. The molecular formula is C19H19ClN2O3S. The maximum Gasteiger partial charge on any atom is 0.260 e. The second-order valence-corrected chi connectivity index (χ2v) is 7.84. The highest BCUT2D eigenvalue weighted by molar-refractivity contribution is 7.18. The van der Waals surface area contributed by atoms with Gasteiger partial charge in [0, 0.05) is 10.4 Å². The van der Waals surface area contributed by atoms with Gasteiger partial charge in [-0.3, -0.25) is 4.79 Å². The molecule has 0 radical (unpaired) electrons. The molecule has 26 heavy (non-hydrogen) atoms. The van der Waals surface area contributed by atoms with E-state index in [1.807, 2.05) is 0 Å². The standard InChI is InChI=1S/C19H19ClN2O3S/c1-24-13-9-10(8-12(20)16(13)25-2)17-21-18(23)15-11-6-4-3-5-7-14(11)26-19(15)22-17/h8-9H,3-7H2,1-2H3,(H,21,22,23). The van der Waals surface area contributed by atoms with Gasteiger partial charge in [-0.2, -0.15) is 0 Å². The Kier molecular flexibility index (Phi) is 4.63. The van der Waals surface area contributed by atoms with E-state index in [9.17, 15) is 4.79 Å². The van der Waals surface area contributed by atoms with E-state index in [0.29, 0.717) is 27.9 Å². The van der Waals surface area contributed by atoms with Crippen molar-refractivity contribution in [3.05, 3.63) is 37.9 Å². The maximum atomic E-state index is 12.8. The van der Waals surface area contributed by atoms with Gasteiger partial charge in [-0.25, -0.2) is 4.98 Å². The second-order valence-electron chi connectivity index (χ2n) is 6.35. The fourth-order valence-electron chi connectivity index (χ4n) is 3.53. The fraction of sp³-hybridized carbons (Fsp3) is 0.368. The van der Waals surface area contributed by atoms with Gasteiger partial charge >= 0.3 is 0 Å². The molecule has 0 aliphatic heterocycles. The molecule has 2 aromatic heterocycles. The first-order valence-electron chi connectivity index (χ1n) is 8.59. The minimum absolute atomic E-state index is 0.0877. The molecule has 0 spiro atoms. The molecule has 0 atom stereocenters. The van der Waals surface area contributed by atoms with E-state index in [-0.39, 0.29) is 5.56 Å². The number of ether oxygens (including phenoxy) is 2. The van der Waals surface area contributed by atoms with Crippen LogP contribution in [0.15, 0.2) is 16.9 Å². The van der Waals surface area contributed by atoms with Crippen LogP contribution in [0.25, 0.3) is 21.6 Å². The lowest BCUT2D eigenvalue weighted by molar-refractivity contribution is 0.355. The number of rotatable bonds is 3. The zero-order chi connectivity index (χ0) is 18.3. The van der Waals surface area contributed by atoms with Crippen LogP contribution in [-0.2, 0) is 12.8 Å². The summed E-state index contributed by atoms with van der Waals surface area (Å²) in [6.45, 7) is 0. The van der Waals surface area contributed by atoms with Crippen molar-refractivity contribution >= 4 is 33.2 Å². The molecule has 0 unspecified atom stereocenters. The predicted molar refractivity (Wildman–Crippen MR) is 105 cm³/mol. The minimum atomic E-state index is -0.0877. The number of hydrogen-bond acceptors (Lipinski definition) is 5. The Labute approximate surface area is 159 Å². The van der Waals surface area contributed by atoms with E-state index in [2.05, 4.69) is 4.98 Å². The smallest absolute Gasteiger partial charge is 0.260 e. The Hall–Kier alpha value is -2.05. The third kappa shape index (κ3) is 2.87. The van der Waals surface area contributed by atoms with Crippen LogP contribution in [0, 0.1) is 0 Å². The molecule has 0 fully saturated rings. The number of methoxy groups -OCH3 is 2. The SMILES string of the molecule is COc1cc(-c2nc3sc4c(c3c(=O)[nH]2)CCCCC4)cc(Cl)c1OC. The van der Waals surface area contributed by atoms with Gasteiger partial charge in [-0.1, -0.05) is 18.0 Å². The normalized spacial score (nSPS) is 14.1. The van der Waals surface area contributed by atoms with Gasteiger partial charge in [0.25, 0.3) is 5.56 Å². The lowest BCUT2D eigenvalue weighted by Gasteiger charge is -2.11. The van der Waals surface area contributed by atoms with E-state index >= 15 is 0 Å². The van der Waals surface area contributed by atoms with Gasteiger partial charge in [0.1, 0.15) is 10.7 Å². The number of thiophene rings is 1. The molecule has 0 bridgehead atoms. The molecule has 1 aromatic carbocycles. The Balaban J connectivity index is 1.89. The summed E-state index contributed by atoms with van der Waals surface area (Å²) in [5.74, 6) is 1.45. The zero-order valence-corrected chi connectivity index (χ0v) is 16.2. The topological polar surface area (TPSA) is 64.2 Å². The van der Waals surface area contributed by atoms with E-state index in [1.165, 1.54) is 30.4 Å². The second kappa shape index (κ2) is 6.93. The molecule has 1 aliphatic rings. The third-order valence-corrected chi connectivity index (χ3v) is 6.25. The van der Waals surface area contributed by atoms with E-state index in [4.69, 9.17) is 26.1 Å². The minimum Gasteiger partial charge on any atom is -0.493 e. The fourth-order valence-corrected chi connectivity index (χ4v) is 5.08. The van der Waals surface area contributed by atoms with Gasteiger partial charge in [-0.15, -0.1) is 11.3 Å². The number of halogens is 1. The molecule has 1 N–H and O–H groups in total. The number of aromatic nitrogens is 2. The first-order chi connectivity index (χ1) is 12.6.